The summed E-state index contributed by atoms with van der Waals surface area (Å²) >= 11 is 1.36. The van der Waals surface area contributed by atoms with Crippen molar-refractivity contribution < 1.29 is 18.4 Å². The lowest BCUT2D eigenvalue weighted by molar-refractivity contribution is -0.120. The van der Waals surface area contributed by atoms with Crippen molar-refractivity contribution in [1.29, 1.82) is 0 Å². The number of piperidine rings is 1. The molecule has 2 aliphatic heterocycles. The second-order valence-electron chi connectivity index (χ2n) is 6.91. The fraction of sp³-hybridized carbons (Fsp3) is 0.300. The summed E-state index contributed by atoms with van der Waals surface area (Å²) in [6.45, 7) is 3.50. The van der Waals surface area contributed by atoms with Crippen LogP contribution in [0, 0.1) is 17.6 Å². The number of thiophene rings is 1. The van der Waals surface area contributed by atoms with E-state index >= 15 is 0 Å². The van der Waals surface area contributed by atoms with Crippen LogP contribution in [0.4, 0.5) is 14.5 Å². The van der Waals surface area contributed by atoms with Gasteiger partial charge in [0.1, 0.15) is 17.3 Å². The molecule has 4 rings (SSSR count). The normalized spacial score (nSPS) is 18.8. The highest BCUT2D eigenvalue weighted by atomic mass is 32.1. The number of carbonyl (C=O) groups is 2. The monoisotopic (exact) mass is 388 g/mol. The maximum atomic E-state index is 14.3. The van der Waals surface area contributed by atoms with Crippen LogP contribution in [0.15, 0.2) is 41.4 Å². The van der Waals surface area contributed by atoms with E-state index in [9.17, 15) is 18.4 Å². The van der Waals surface area contributed by atoms with Crippen LogP contribution in [0.1, 0.15) is 24.6 Å². The van der Waals surface area contributed by atoms with Crippen molar-refractivity contribution in [1.82, 2.24) is 4.90 Å². The number of anilines is 1. The van der Waals surface area contributed by atoms with Gasteiger partial charge in [-0.15, -0.1) is 11.3 Å². The SMILES string of the molecule is CC1CCN(C2=C(c3cccs3)C(=O)N(c3ccc(F)cc3F)C2=O)CC1. The Balaban J connectivity index is 1.80. The third-order valence-corrected chi connectivity index (χ3v) is 5.96. The van der Waals surface area contributed by atoms with E-state index in [1.54, 1.807) is 6.07 Å². The molecular formula is C20H18F2N2O2S. The van der Waals surface area contributed by atoms with Crippen molar-refractivity contribution in [3.63, 3.8) is 0 Å². The third kappa shape index (κ3) is 3.06. The maximum Gasteiger partial charge on any atom is 0.282 e. The van der Waals surface area contributed by atoms with Crippen LogP contribution >= 0.6 is 11.3 Å². The molecule has 0 spiro atoms. The predicted octanol–water partition coefficient (Wildman–Crippen LogP) is 4.04. The summed E-state index contributed by atoms with van der Waals surface area (Å²) in [5.74, 6) is -2.25. The summed E-state index contributed by atoms with van der Waals surface area (Å²) in [6, 6.07) is 6.45. The minimum absolute atomic E-state index is 0.221. The van der Waals surface area contributed by atoms with Crippen molar-refractivity contribution in [2.45, 2.75) is 19.8 Å². The first-order chi connectivity index (χ1) is 13.0. The molecule has 2 amide bonds. The van der Waals surface area contributed by atoms with Crippen LogP contribution in [-0.4, -0.2) is 29.8 Å². The minimum atomic E-state index is -0.934. The molecule has 1 saturated heterocycles. The summed E-state index contributed by atoms with van der Waals surface area (Å²) in [7, 11) is 0. The maximum absolute atomic E-state index is 14.3. The zero-order valence-electron chi connectivity index (χ0n) is 14.7. The molecule has 27 heavy (non-hydrogen) atoms. The van der Waals surface area contributed by atoms with Gasteiger partial charge >= 0.3 is 0 Å². The molecule has 0 saturated carbocycles. The number of halogens is 2. The number of hydrogen-bond acceptors (Lipinski definition) is 4. The smallest absolute Gasteiger partial charge is 0.282 e. The molecule has 3 heterocycles. The van der Waals surface area contributed by atoms with Gasteiger partial charge in [-0.1, -0.05) is 13.0 Å². The van der Waals surface area contributed by atoms with E-state index in [0.717, 1.165) is 29.9 Å². The number of likely N-dealkylation sites (tertiary alicyclic amines) is 1. The summed E-state index contributed by atoms with van der Waals surface area (Å²) in [5.41, 5.74) is 0.396. The van der Waals surface area contributed by atoms with E-state index in [1.165, 1.54) is 11.3 Å². The number of nitrogens with zero attached hydrogens (tertiary/aromatic N) is 2. The molecule has 0 radical (unpaired) electrons. The topological polar surface area (TPSA) is 40.6 Å². The van der Waals surface area contributed by atoms with E-state index < -0.39 is 23.4 Å². The van der Waals surface area contributed by atoms with Crippen LogP contribution < -0.4 is 4.90 Å². The molecular weight excluding hydrogens is 370 g/mol. The van der Waals surface area contributed by atoms with Gasteiger partial charge in [-0.2, -0.15) is 0 Å². The Hall–Kier alpha value is -2.54. The van der Waals surface area contributed by atoms with Crippen molar-refractivity contribution in [2.75, 3.05) is 18.0 Å². The molecule has 0 aliphatic carbocycles. The van der Waals surface area contributed by atoms with Crippen molar-refractivity contribution >= 4 is 34.4 Å². The minimum Gasteiger partial charge on any atom is -0.366 e. The second kappa shape index (κ2) is 6.88. The van der Waals surface area contributed by atoms with E-state index in [-0.39, 0.29) is 5.69 Å². The van der Waals surface area contributed by atoms with Gasteiger partial charge < -0.3 is 4.90 Å². The van der Waals surface area contributed by atoms with Crippen LogP contribution in [0.5, 0.6) is 0 Å². The average molecular weight is 388 g/mol. The first kappa shape index (κ1) is 17.9. The number of hydrogen-bond donors (Lipinski definition) is 0. The van der Waals surface area contributed by atoms with Gasteiger partial charge in [0.2, 0.25) is 0 Å². The fourth-order valence-corrected chi connectivity index (χ4v) is 4.33. The number of amides is 2. The van der Waals surface area contributed by atoms with Crippen molar-refractivity contribution in [2.24, 2.45) is 5.92 Å². The Bertz CT molecular complexity index is 931. The Morgan fingerprint density at radius 2 is 1.81 bits per heavy atom. The molecule has 140 valence electrons. The highest BCUT2D eigenvalue weighted by molar-refractivity contribution is 7.11. The summed E-state index contributed by atoms with van der Waals surface area (Å²) in [5, 5.41) is 1.83. The number of benzene rings is 1. The quantitative estimate of drug-likeness (QED) is 0.745. The molecule has 0 N–H and O–H groups in total. The number of imide groups is 1. The Morgan fingerprint density at radius 3 is 2.44 bits per heavy atom. The van der Waals surface area contributed by atoms with Crippen molar-refractivity contribution in [3.8, 4) is 0 Å². The first-order valence-corrected chi connectivity index (χ1v) is 9.72. The van der Waals surface area contributed by atoms with E-state index in [0.29, 0.717) is 41.2 Å². The standard InChI is InChI=1S/C20H18F2N2O2S/c1-12-6-8-23(9-7-12)18-17(16-3-2-10-27-16)19(25)24(20(18)26)15-5-4-13(21)11-14(15)22/h2-5,10-12H,6-9H2,1H3. The predicted molar refractivity (Wildman–Crippen MR) is 100 cm³/mol. The molecule has 1 fully saturated rings. The van der Waals surface area contributed by atoms with Crippen molar-refractivity contribution in [3.05, 3.63) is 57.9 Å². The third-order valence-electron chi connectivity index (χ3n) is 5.08. The van der Waals surface area contributed by atoms with Gasteiger partial charge in [-0.25, -0.2) is 13.7 Å². The van der Waals surface area contributed by atoms with E-state index in [1.807, 2.05) is 16.3 Å². The molecule has 0 bridgehead atoms. The lowest BCUT2D eigenvalue weighted by atomic mass is 9.98. The van der Waals surface area contributed by atoms with Gasteiger partial charge in [0.15, 0.2) is 0 Å². The van der Waals surface area contributed by atoms with Crippen LogP contribution in [0.3, 0.4) is 0 Å². The molecule has 2 aliphatic rings. The zero-order chi connectivity index (χ0) is 19.1. The van der Waals surface area contributed by atoms with E-state index in [2.05, 4.69) is 6.92 Å². The van der Waals surface area contributed by atoms with Gasteiger partial charge in [-0.3, -0.25) is 9.59 Å². The molecule has 4 nitrogen and oxygen atoms in total. The number of carbonyl (C=O) groups excluding carboxylic acids is 2. The Labute approximate surface area is 159 Å². The molecule has 1 aromatic carbocycles. The van der Waals surface area contributed by atoms with Gasteiger partial charge in [0, 0.05) is 24.0 Å². The Morgan fingerprint density at radius 1 is 1.07 bits per heavy atom. The van der Waals surface area contributed by atoms with Crippen LogP contribution in [0.2, 0.25) is 0 Å². The largest absolute Gasteiger partial charge is 0.366 e. The summed E-state index contributed by atoms with van der Waals surface area (Å²) < 4.78 is 27.6. The molecule has 0 unspecified atom stereocenters. The Kier molecular flexibility index (Phi) is 4.55. The lowest BCUT2D eigenvalue weighted by Crippen LogP contribution is -2.38. The summed E-state index contributed by atoms with van der Waals surface area (Å²) in [4.78, 5) is 29.8. The van der Waals surface area contributed by atoms with Gasteiger partial charge in [0.05, 0.1) is 11.3 Å². The van der Waals surface area contributed by atoms with Gasteiger partial charge in [0.25, 0.3) is 11.8 Å². The molecule has 2 aromatic rings. The highest BCUT2D eigenvalue weighted by Crippen LogP contribution is 2.38. The second-order valence-corrected chi connectivity index (χ2v) is 7.86. The highest BCUT2D eigenvalue weighted by Gasteiger charge is 2.44. The molecule has 1 aromatic heterocycles. The van der Waals surface area contributed by atoms with Crippen LogP contribution in [-0.2, 0) is 9.59 Å². The fourth-order valence-electron chi connectivity index (χ4n) is 3.57. The summed E-state index contributed by atoms with van der Waals surface area (Å²) in [6.07, 6.45) is 1.85. The van der Waals surface area contributed by atoms with Crippen LogP contribution in [0.25, 0.3) is 5.57 Å². The number of rotatable bonds is 3. The lowest BCUT2D eigenvalue weighted by Gasteiger charge is -2.32. The first-order valence-electron chi connectivity index (χ1n) is 8.84. The zero-order valence-corrected chi connectivity index (χ0v) is 15.6. The molecule has 0 atom stereocenters. The van der Waals surface area contributed by atoms with Gasteiger partial charge in [-0.05, 0) is 42.3 Å². The average Bonchev–Trinajstić information content (AvgIpc) is 3.23. The van der Waals surface area contributed by atoms with E-state index in [4.69, 9.17) is 0 Å². The molecule has 7 heteroatoms.